The third-order valence-electron chi connectivity index (χ3n) is 5.49. The second-order valence-electron chi connectivity index (χ2n) is 8.50. The van der Waals surface area contributed by atoms with E-state index in [-0.39, 0.29) is 16.9 Å². The fourth-order valence-electron chi connectivity index (χ4n) is 3.59. The Labute approximate surface area is 222 Å². The molecular formula is C26H24Cl2N4O3S. The number of pyridine rings is 2. The van der Waals surface area contributed by atoms with E-state index in [1.165, 1.54) is 24.6 Å². The number of aromatic amines is 1. The zero-order chi connectivity index (χ0) is 25.8. The molecule has 7 nitrogen and oxygen atoms in total. The normalized spacial score (nSPS) is 11.1. The Bertz CT molecular complexity index is 1470. The minimum absolute atomic E-state index is 0.188. The van der Waals surface area contributed by atoms with E-state index < -0.39 is 5.97 Å². The van der Waals surface area contributed by atoms with Crippen molar-refractivity contribution in [2.24, 2.45) is 5.92 Å². The topological polar surface area (TPSA) is 97.0 Å². The Morgan fingerprint density at radius 1 is 1.17 bits per heavy atom. The molecule has 4 aromatic rings. The minimum Gasteiger partial charge on any atom is -0.465 e. The lowest BCUT2D eigenvalue weighted by atomic mass is 10.0. The number of carbonyl (C=O) groups is 1. The Hall–Kier alpha value is -3.20. The maximum atomic E-state index is 12.6. The molecule has 0 spiro atoms. The molecule has 0 aliphatic carbocycles. The Balaban J connectivity index is 1.74. The molecule has 0 amide bonds. The largest absolute Gasteiger partial charge is 0.465 e. The molecule has 4 rings (SSSR count). The first-order valence-electron chi connectivity index (χ1n) is 11.3. The molecule has 1 aromatic carbocycles. The maximum Gasteiger partial charge on any atom is 0.341 e. The van der Waals surface area contributed by atoms with Crippen molar-refractivity contribution < 1.29 is 9.53 Å². The predicted molar refractivity (Wildman–Crippen MR) is 146 cm³/mol. The number of benzene rings is 1. The quantitative estimate of drug-likeness (QED) is 0.233. The van der Waals surface area contributed by atoms with E-state index in [9.17, 15) is 9.59 Å². The average Bonchev–Trinajstić information content (AvgIpc) is 3.27. The minimum atomic E-state index is -0.583. The van der Waals surface area contributed by atoms with Crippen LogP contribution in [0.15, 0.2) is 53.6 Å². The molecule has 0 bridgehead atoms. The number of esters is 1. The molecule has 3 heterocycles. The summed E-state index contributed by atoms with van der Waals surface area (Å²) < 4.78 is 4.97. The summed E-state index contributed by atoms with van der Waals surface area (Å²) in [7, 11) is 1.30. The zero-order valence-corrected chi connectivity index (χ0v) is 22.2. The lowest BCUT2D eigenvalue weighted by Crippen LogP contribution is -2.11. The third kappa shape index (κ3) is 5.78. The molecule has 186 valence electrons. The predicted octanol–water partition coefficient (Wildman–Crippen LogP) is 6.99. The highest BCUT2D eigenvalue weighted by Crippen LogP contribution is 2.37. The molecule has 10 heteroatoms. The highest BCUT2D eigenvalue weighted by Gasteiger charge is 2.20. The van der Waals surface area contributed by atoms with E-state index >= 15 is 0 Å². The van der Waals surface area contributed by atoms with Crippen LogP contribution in [0.3, 0.4) is 0 Å². The van der Waals surface area contributed by atoms with E-state index in [1.807, 2.05) is 6.07 Å². The van der Waals surface area contributed by atoms with Crippen molar-refractivity contribution in [1.82, 2.24) is 15.0 Å². The van der Waals surface area contributed by atoms with Crippen LogP contribution in [0, 0.1) is 5.92 Å². The SMILES string of the molecule is COC(=O)c1cc(-c2ccc[nH]c2=O)cnc1Nc1nc(-c2ccc(Cl)c(Cl)c2)c(CCC(C)C)s1. The van der Waals surface area contributed by atoms with Gasteiger partial charge in [-0.25, -0.2) is 14.8 Å². The molecular weight excluding hydrogens is 519 g/mol. The zero-order valence-electron chi connectivity index (χ0n) is 19.9. The number of methoxy groups -OCH3 is 1. The fourth-order valence-corrected chi connectivity index (χ4v) is 4.89. The molecule has 0 radical (unpaired) electrons. The molecule has 0 unspecified atom stereocenters. The first-order chi connectivity index (χ1) is 17.3. The van der Waals surface area contributed by atoms with Crippen LogP contribution in [0.1, 0.15) is 35.5 Å². The molecule has 0 saturated heterocycles. The van der Waals surface area contributed by atoms with Crippen molar-refractivity contribution in [1.29, 1.82) is 0 Å². The summed E-state index contributed by atoms with van der Waals surface area (Å²) in [4.78, 5) is 37.8. The molecule has 0 aliphatic heterocycles. The van der Waals surface area contributed by atoms with Crippen LogP contribution in [0.25, 0.3) is 22.4 Å². The van der Waals surface area contributed by atoms with Gasteiger partial charge in [-0.15, -0.1) is 11.3 Å². The number of ether oxygens (including phenoxy) is 1. The van der Waals surface area contributed by atoms with Gasteiger partial charge in [-0.3, -0.25) is 4.79 Å². The van der Waals surface area contributed by atoms with Crippen molar-refractivity contribution in [3.8, 4) is 22.4 Å². The van der Waals surface area contributed by atoms with Gasteiger partial charge in [0, 0.05) is 34.0 Å². The van der Waals surface area contributed by atoms with Gasteiger partial charge in [-0.2, -0.15) is 0 Å². The monoisotopic (exact) mass is 542 g/mol. The summed E-state index contributed by atoms with van der Waals surface area (Å²) >= 11 is 13.9. The van der Waals surface area contributed by atoms with Gasteiger partial charge in [-0.05, 0) is 49.1 Å². The number of aryl methyl sites for hydroxylation is 1. The third-order valence-corrected chi connectivity index (χ3v) is 7.26. The second-order valence-corrected chi connectivity index (χ2v) is 10.4. The fraction of sp³-hybridized carbons (Fsp3) is 0.231. The summed E-state index contributed by atoms with van der Waals surface area (Å²) in [6.45, 7) is 4.34. The average molecular weight is 543 g/mol. The van der Waals surface area contributed by atoms with Crippen LogP contribution in [0.5, 0.6) is 0 Å². The second kappa shape index (κ2) is 11.2. The van der Waals surface area contributed by atoms with Gasteiger partial charge < -0.3 is 15.0 Å². The first kappa shape index (κ1) is 25.9. The van der Waals surface area contributed by atoms with E-state index in [0.717, 1.165) is 29.0 Å². The number of H-pyrrole nitrogens is 1. The van der Waals surface area contributed by atoms with Crippen LogP contribution in [0.4, 0.5) is 10.9 Å². The highest BCUT2D eigenvalue weighted by molar-refractivity contribution is 7.16. The molecule has 2 N–H and O–H groups in total. The van der Waals surface area contributed by atoms with Gasteiger partial charge in [0.25, 0.3) is 5.56 Å². The van der Waals surface area contributed by atoms with Crippen LogP contribution in [0.2, 0.25) is 10.0 Å². The Kier molecular flexibility index (Phi) is 8.08. The number of hydrogen-bond acceptors (Lipinski definition) is 7. The van der Waals surface area contributed by atoms with Crippen molar-refractivity contribution in [3.05, 3.63) is 79.6 Å². The summed E-state index contributed by atoms with van der Waals surface area (Å²) in [5.41, 5.74) is 2.45. The van der Waals surface area contributed by atoms with E-state index in [4.69, 9.17) is 32.9 Å². The summed E-state index contributed by atoms with van der Waals surface area (Å²) in [5, 5.41) is 4.67. The number of halogens is 2. The lowest BCUT2D eigenvalue weighted by molar-refractivity contribution is 0.0601. The highest BCUT2D eigenvalue weighted by atomic mass is 35.5. The maximum absolute atomic E-state index is 12.6. The van der Waals surface area contributed by atoms with Gasteiger partial charge in [-0.1, -0.05) is 43.1 Å². The summed E-state index contributed by atoms with van der Waals surface area (Å²) in [5.74, 6) is 0.217. The van der Waals surface area contributed by atoms with Gasteiger partial charge in [0.05, 0.1) is 22.8 Å². The van der Waals surface area contributed by atoms with Gasteiger partial charge in [0.2, 0.25) is 0 Å². The van der Waals surface area contributed by atoms with Crippen LogP contribution in [-0.4, -0.2) is 28.0 Å². The number of carbonyl (C=O) groups excluding carboxylic acids is 1. The molecule has 36 heavy (non-hydrogen) atoms. The van der Waals surface area contributed by atoms with Gasteiger partial charge >= 0.3 is 5.97 Å². The summed E-state index contributed by atoms with van der Waals surface area (Å²) in [6, 6.07) is 10.4. The Morgan fingerprint density at radius 2 is 1.97 bits per heavy atom. The number of hydrogen-bond donors (Lipinski definition) is 2. The number of aromatic nitrogens is 3. The van der Waals surface area contributed by atoms with E-state index in [2.05, 4.69) is 29.1 Å². The standard InChI is InChI=1S/C26H24Cl2N4O3S/c1-14(2)6-9-21-22(15-7-8-19(27)20(28)12-15)31-26(36-21)32-23-18(25(34)35-3)11-16(13-30-23)17-5-4-10-29-24(17)33/h4-5,7-8,10-14H,6,9H2,1-3H3,(H,29,33)(H,30,31,32). The number of nitrogens with zero attached hydrogens (tertiary/aromatic N) is 2. The molecule has 0 fully saturated rings. The van der Waals surface area contributed by atoms with Crippen LogP contribution < -0.4 is 10.9 Å². The molecule has 3 aromatic heterocycles. The number of rotatable bonds is 8. The first-order valence-corrected chi connectivity index (χ1v) is 12.8. The van der Waals surface area contributed by atoms with Crippen LogP contribution >= 0.6 is 34.5 Å². The van der Waals surface area contributed by atoms with Crippen molar-refractivity contribution in [2.45, 2.75) is 26.7 Å². The van der Waals surface area contributed by atoms with Crippen molar-refractivity contribution >= 4 is 51.5 Å². The summed E-state index contributed by atoms with van der Waals surface area (Å²) in [6.07, 6.45) is 4.90. The number of thiazole rings is 1. The number of anilines is 2. The van der Waals surface area contributed by atoms with Crippen molar-refractivity contribution in [3.63, 3.8) is 0 Å². The lowest BCUT2D eigenvalue weighted by Gasteiger charge is -2.10. The Morgan fingerprint density at radius 3 is 2.67 bits per heavy atom. The van der Waals surface area contributed by atoms with Gasteiger partial charge in [0.1, 0.15) is 11.4 Å². The molecule has 0 saturated carbocycles. The van der Waals surface area contributed by atoms with Crippen LogP contribution in [-0.2, 0) is 11.2 Å². The van der Waals surface area contributed by atoms with E-state index in [0.29, 0.717) is 32.2 Å². The smallest absolute Gasteiger partial charge is 0.341 e. The van der Waals surface area contributed by atoms with Crippen molar-refractivity contribution in [2.75, 3.05) is 12.4 Å². The molecule has 0 atom stereocenters. The molecule has 0 aliphatic rings. The van der Waals surface area contributed by atoms with E-state index in [1.54, 1.807) is 36.5 Å². The number of nitrogens with one attached hydrogen (secondary N) is 2. The van der Waals surface area contributed by atoms with Gasteiger partial charge in [0.15, 0.2) is 5.13 Å².